The summed E-state index contributed by atoms with van der Waals surface area (Å²) in [6.07, 6.45) is 1.55. The topological polar surface area (TPSA) is 86.5 Å². The van der Waals surface area contributed by atoms with E-state index in [4.69, 9.17) is 21.1 Å². The highest BCUT2D eigenvalue weighted by Gasteiger charge is 2.12. The van der Waals surface area contributed by atoms with Crippen molar-refractivity contribution >= 4 is 45.8 Å². The molecule has 0 fully saturated rings. The Kier molecular flexibility index (Phi) is 4.70. The molecule has 0 amide bonds. The van der Waals surface area contributed by atoms with Crippen molar-refractivity contribution in [1.82, 2.24) is 19.7 Å². The van der Waals surface area contributed by atoms with Crippen molar-refractivity contribution in [2.75, 3.05) is 19.6 Å². The van der Waals surface area contributed by atoms with Crippen LogP contribution in [-0.4, -0.2) is 40.2 Å². The second kappa shape index (κ2) is 7.32. The molecule has 2 heterocycles. The van der Waals surface area contributed by atoms with Gasteiger partial charge in [0, 0.05) is 24.1 Å². The zero-order chi connectivity index (χ0) is 19.7. The lowest BCUT2D eigenvalue weighted by molar-refractivity contribution is 0.355. The maximum atomic E-state index is 6.26. The first-order valence-corrected chi connectivity index (χ1v) is 8.78. The second-order valence-corrected chi connectivity index (χ2v) is 6.39. The van der Waals surface area contributed by atoms with Gasteiger partial charge in [0.25, 0.3) is 5.95 Å². The van der Waals surface area contributed by atoms with Gasteiger partial charge < -0.3 is 14.0 Å². The first-order valence-electron chi connectivity index (χ1n) is 8.41. The van der Waals surface area contributed by atoms with Gasteiger partial charge in [-0.15, -0.1) is 10.2 Å². The van der Waals surface area contributed by atoms with Crippen molar-refractivity contribution in [2.45, 2.75) is 0 Å². The number of nitrogens with one attached hydrogen (secondary N) is 1. The Bertz CT molecular complexity index is 1200. The lowest BCUT2D eigenvalue weighted by Crippen LogP contribution is -2.01. The molecule has 9 heteroatoms. The molecule has 4 aromatic rings. The molecule has 0 saturated carbocycles. The Morgan fingerprint density at radius 2 is 1.86 bits per heavy atom. The Morgan fingerprint density at radius 1 is 1.11 bits per heavy atom. The fourth-order valence-electron chi connectivity index (χ4n) is 2.98. The monoisotopic (exact) mass is 396 g/mol. The molecular weight excluding hydrogens is 380 g/mol. The molecule has 0 unspecified atom stereocenters. The summed E-state index contributed by atoms with van der Waals surface area (Å²) in [5, 5.41) is 14.0. The van der Waals surface area contributed by atoms with Gasteiger partial charge in [-0.1, -0.05) is 29.8 Å². The molecule has 4 rings (SSSR count). The smallest absolute Gasteiger partial charge is 0.265 e. The number of para-hydroxylation sites is 1. The van der Waals surface area contributed by atoms with Crippen molar-refractivity contribution in [3.63, 3.8) is 0 Å². The summed E-state index contributed by atoms with van der Waals surface area (Å²) < 4.78 is 12.5. The number of aromatic nitrogens is 4. The van der Waals surface area contributed by atoms with Crippen LogP contribution in [0.3, 0.4) is 0 Å². The number of anilines is 1. The molecule has 2 aromatic carbocycles. The molecule has 0 radical (unpaired) electrons. The zero-order valence-electron chi connectivity index (χ0n) is 15.5. The number of ether oxygens (including phenoxy) is 2. The summed E-state index contributed by atoms with van der Waals surface area (Å²) in [5.74, 6) is 1.39. The molecule has 8 nitrogen and oxygen atoms in total. The standard InChI is InChI=1S/C19H17ClN6O2/c1-26-14-7-5-4-6-12(14)17-18(26)22-19(25-23-17)24-21-10-11-8-15(27-2)16(28-3)9-13(11)20/h4-10H,1-3H3,(H,22,24,25). The molecule has 0 bridgehead atoms. The number of aryl methyl sites for hydroxylation is 1. The minimum Gasteiger partial charge on any atom is -0.493 e. The van der Waals surface area contributed by atoms with E-state index in [9.17, 15) is 0 Å². The van der Waals surface area contributed by atoms with Gasteiger partial charge in [0.15, 0.2) is 17.1 Å². The molecule has 0 aliphatic heterocycles. The number of benzene rings is 2. The number of hydrogen-bond donors (Lipinski definition) is 1. The van der Waals surface area contributed by atoms with E-state index in [1.54, 1.807) is 32.6 Å². The Balaban J connectivity index is 1.62. The first-order chi connectivity index (χ1) is 13.6. The highest BCUT2D eigenvalue weighted by atomic mass is 35.5. The number of methoxy groups -OCH3 is 2. The van der Waals surface area contributed by atoms with E-state index in [0.29, 0.717) is 22.1 Å². The van der Waals surface area contributed by atoms with Crippen LogP contribution < -0.4 is 14.9 Å². The highest BCUT2D eigenvalue weighted by molar-refractivity contribution is 6.33. The second-order valence-electron chi connectivity index (χ2n) is 5.98. The highest BCUT2D eigenvalue weighted by Crippen LogP contribution is 2.32. The summed E-state index contributed by atoms with van der Waals surface area (Å²) in [4.78, 5) is 4.51. The largest absolute Gasteiger partial charge is 0.493 e. The average Bonchev–Trinajstić information content (AvgIpc) is 3.01. The van der Waals surface area contributed by atoms with Crippen molar-refractivity contribution in [2.24, 2.45) is 12.1 Å². The third-order valence-electron chi connectivity index (χ3n) is 4.38. The summed E-state index contributed by atoms with van der Waals surface area (Å²) in [6.45, 7) is 0. The molecule has 0 saturated heterocycles. The SMILES string of the molecule is COc1cc(Cl)c(C=NNc2nnc3c4ccccc4n(C)c3n2)cc1OC. The van der Waals surface area contributed by atoms with Gasteiger partial charge >= 0.3 is 0 Å². The summed E-state index contributed by atoms with van der Waals surface area (Å²) in [6, 6.07) is 11.4. The molecule has 2 aromatic heterocycles. The Labute approximate surface area is 165 Å². The van der Waals surface area contributed by atoms with Crippen LogP contribution in [0.1, 0.15) is 5.56 Å². The van der Waals surface area contributed by atoms with Crippen LogP contribution >= 0.6 is 11.6 Å². The molecule has 0 spiro atoms. The number of nitrogens with zero attached hydrogens (tertiary/aromatic N) is 5. The first kappa shape index (κ1) is 18.0. The van der Waals surface area contributed by atoms with E-state index in [1.165, 1.54) is 0 Å². The van der Waals surface area contributed by atoms with Gasteiger partial charge in [0.1, 0.15) is 5.52 Å². The van der Waals surface area contributed by atoms with Crippen molar-refractivity contribution in [3.8, 4) is 11.5 Å². The van der Waals surface area contributed by atoms with Crippen LogP contribution in [0.15, 0.2) is 41.5 Å². The van der Waals surface area contributed by atoms with Crippen molar-refractivity contribution < 1.29 is 9.47 Å². The lowest BCUT2D eigenvalue weighted by Gasteiger charge is -2.09. The van der Waals surface area contributed by atoms with E-state index in [1.807, 2.05) is 35.9 Å². The average molecular weight is 397 g/mol. The zero-order valence-corrected chi connectivity index (χ0v) is 16.2. The van der Waals surface area contributed by atoms with Gasteiger partial charge in [0.2, 0.25) is 0 Å². The number of hydrazone groups is 1. The normalized spacial score (nSPS) is 11.4. The lowest BCUT2D eigenvalue weighted by atomic mass is 10.2. The Morgan fingerprint density at radius 3 is 2.64 bits per heavy atom. The molecule has 28 heavy (non-hydrogen) atoms. The van der Waals surface area contributed by atoms with E-state index in [2.05, 4.69) is 25.7 Å². The van der Waals surface area contributed by atoms with Crippen LogP contribution in [0, 0.1) is 0 Å². The van der Waals surface area contributed by atoms with E-state index in [-0.39, 0.29) is 5.95 Å². The molecule has 1 N–H and O–H groups in total. The minimum atomic E-state index is 0.284. The maximum absolute atomic E-state index is 6.26. The van der Waals surface area contributed by atoms with E-state index in [0.717, 1.165) is 22.1 Å². The quantitative estimate of drug-likeness (QED) is 0.409. The van der Waals surface area contributed by atoms with Crippen molar-refractivity contribution in [1.29, 1.82) is 0 Å². The number of halogens is 1. The predicted molar refractivity (Wildman–Crippen MR) is 110 cm³/mol. The number of rotatable bonds is 5. The van der Waals surface area contributed by atoms with Crippen LogP contribution in [0.4, 0.5) is 5.95 Å². The minimum absolute atomic E-state index is 0.284. The van der Waals surface area contributed by atoms with Crippen LogP contribution in [0.5, 0.6) is 11.5 Å². The fraction of sp³-hybridized carbons (Fsp3) is 0.158. The fourth-order valence-corrected chi connectivity index (χ4v) is 3.18. The van der Waals surface area contributed by atoms with E-state index < -0.39 is 0 Å². The van der Waals surface area contributed by atoms with Gasteiger partial charge in [-0.2, -0.15) is 10.1 Å². The van der Waals surface area contributed by atoms with Crippen molar-refractivity contribution in [3.05, 3.63) is 47.0 Å². The van der Waals surface area contributed by atoms with Gasteiger partial charge in [-0.3, -0.25) is 0 Å². The van der Waals surface area contributed by atoms with Gasteiger partial charge in [-0.05, 0) is 12.1 Å². The number of fused-ring (bicyclic) bond motifs is 3. The third kappa shape index (κ3) is 3.07. The molecular formula is C19H17ClN6O2. The molecule has 142 valence electrons. The van der Waals surface area contributed by atoms with Crippen LogP contribution in [-0.2, 0) is 7.05 Å². The molecule has 0 aliphatic rings. The molecule has 0 aliphatic carbocycles. The summed E-state index contributed by atoms with van der Waals surface area (Å²) >= 11 is 6.26. The van der Waals surface area contributed by atoms with E-state index >= 15 is 0 Å². The van der Waals surface area contributed by atoms with Gasteiger partial charge in [0.05, 0.1) is 31.0 Å². The van der Waals surface area contributed by atoms with Crippen LogP contribution in [0.25, 0.3) is 22.1 Å². The maximum Gasteiger partial charge on any atom is 0.265 e. The van der Waals surface area contributed by atoms with Gasteiger partial charge in [-0.25, -0.2) is 5.43 Å². The predicted octanol–water partition coefficient (Wildman–Crippen LogP) is 3.63. The van der Waals surface area contributed by atoms with Crippen LogP contribution in [0.2, 0.25) is 5.02 Å². The third-order valence-corrected chi connectivity index (χ3v) is 4.70. The number of hydrogen-bond acceptors (Lipinski definition) is 7. The Hall–Kier alpha value is -3.39. The molecule has 0 atom stereocenters. The summed E-state index contributed by atoms with van der Waals surface area (Å²) in [7, 11) is 5.05. The summed E-state index contributed by atoms with van der Waals surface area (Å²) in [5.41, 5.74) is 5.95.